The van der Waals surface area contributed by atoms with Crippen LogP contribution in [0.2, 0.25) is 0 Å². The van der Waals surface area contributed by atoms with Crippen molar-refractivity contribution in [2.75, 3.05) is 26.7 Å². The third-order valence-electron chi connectivity index (χ3n) is 3.91. The van der Waals surface area contributed by atoms with E-state index in [1.54, 1.807) is 0 Å². The molecular weight excluding hydrogens is 162 g/mol. The van der Waals surface area contributed by atoms with E-state index in [-0.39, 0.29) is 0 Å². The third kappa shape index (κ3) is 2.05. The summed E-state index contributed by atoms with van der Waals surface area (Å²) in [5, 5.41) is 8.80. The fraction of sp³-hybridized carbons (Fsp3) is 1.00. The highest BCUT2D eigenvalue weighted by Gasteiger charge is 2.39. The molecule has 0 aromatic heterocycles. The fourth-order valence-corrected chi connectivity index (χ4v) is 3.26. The normalized spacial score (nSPS) is 37.6. The summed E-state index contributed by atoms with van der Waals surface area (Å²) in [5.41, 5.74) is 0. The van der Waals surface area contributed by atoms with E-state index in [4.69, 9.17) is 5.11 Å². The average molecular weight is 183 g/mol. The Balaban J connectivity index is 1.76. The second-order valence-corrected chi connectivity index (χ2v) is 4.92. The molecule has 2 aliphatic rings. The van der Waals surface area contributed by atoms with Crippen LogP contribution < -0.4 is 0 Å². The van der Waals surface area contributed by atoms with Gasteiger partial charge in [0.2, 0.25) is 0 Å². The van der Waals surface area contributed by atoms with E-state index < -0.39 is 0 Å². The van der Waals surface area contributed by atoms with E-state index in [0.717, 1.165) is 24.3 Å². The van der Waals surface area contributed by atoms with E-state index in [1.165, 1.54) is 32.2 Å². The lowest BCUT2D eigenvalue weighted by atomic mass is 9.88. The van der Waals surface area contributed by atoms with Crippen molar-refractivity contribution in [3.63, 3.8) is 0 Å². The largest absolute Gasteiger partial charge is 0.395 e. The molecule has 2 rings (SSSR count). The lowest BCUT2D eigenvalue weighted by Gasteiger charge is -2.26. The Labute approximate surface area is 80.9 Å². The minimum Gasteiger partial charge on any atom is -0.395 e. The first-order valence-corrected chi connectivity index (χ1v) is 5.59. The van der Waals surface area contributed by atoms with E-state index in [9.17, 15) is 0 Å². The van der Waals surface area contributed by atoms with E-state index in [2.05, 4.69) is 11.9 Å². The van der Waals surface area contributed by atoms with Gasteiger partial charge in [-0.15, -0.1) is 0 Å². The van der Waals surface area contributed by atoms with Crippen LogP contribution in [0.1, 0.15) is 25.7 Å². The predicted octanol–water partition coefficient (Wildman–Crippen LogP) is 1.35. The lowest BCUT2D eigenvalue weighted by Crippen LogP contribution is -2.30. The zero-order valence-electron chi connectivity index (χ0n) is 8.58. The summed E-state index contributed by atoms with van der Waals surface area (Å²) in [5.74, 6) is 3.01. The monoisotopic (exact) mass is 183 g/mol. The highest BCUT2D eigenvalue weighted by atomic mass is 16.3. The molecular formula is C11H21NO. The van der Waals surface area contributed by atoms with Gasteiger partial charge in [0.15, 0.2) is 0 Å². The zero-order valence-corrected chi connectivity index (χ0v) is 8.58. The molecule has 3 atom stereocenters. The summed E-state index contributed by atoms with van der Waals surface area (Å²) >= 11 is 0. The average Bonchev–Trinajstić information content (AvgIpc) is 2.65. The van der Waals surface area contributed by atoms with Gasteiger partial charge < -0.3 is 10.0 Å². The molecule has 76 valence electrons. The quantitative estimate of drug-likeness (QED) is 0.711. The second-order valence-electron chi connectivity index (χ2n) is 4.92. The number of rotatable bonds is 4. The SMILES string of the molecule is CN(CCO)CC1CC2CCC1C2. The molecule has 3 unspecified atom stereocenters. The van der Waals surface area contributed by atoms with Crippen molar-refractivity contribution in [2.24, 2.45) is 17.8 Å². The molecule has 0 aliphatic heterocycles. The molecule has 13 heavy (non-hydrogen) atoms. The first kappa shape index (κ1) is 9.47. The lowest BCUT2D eigenvalue weighted by molar-refractivity contribution is 0.179. The number of aliphatic hydroxyl groups is 1. The van der Waals surface area contributed by atoms with Gasteiger partial charge >= 0.3 is 0 Å². The highest BCUT2D eigenvalue weighted by Crippen LogP contribution is 2.48. The van der Waals surface area contributed by atoms with Crippen molar-refractivity contribution >= 4 is 0 Å². The Morgan fingerprint density at radius 2 is 2.15 bits per heavy atom. The number of hydrogen-bond donors (Lipinski definition) is 1. The van der Waals surface area contributed by atoms with Gasteiger partial charge in [-0.1, -0.05) is 6.42 Å². The van der Waals surface area contributed by atoms with Gasteiger partial charge in [0.1, 0.15) is 0 Å². The first-order chi connectivity index (χ1) is 6.29. The van der Waals surface area contributed by atoms with Gasteiger partial charge in [-0.05, 0) is 44.1 Å². The number of likely N-dealkylation sites (N-methyl/N-ethyl adjacent to an activating group) is 1. The summed E-state index contributed by atoms with van der Waals surface area (Å²) in [4.78, 5) is 2.28. The van der Waals surface area contributed by atoms with Crippen molar-refractivity contribution in [1.82, 2.24) is 4.90 Å². The summed E-state index contributed by atoms with van der Waals surface area (Å²) in [7, 11) is 2.13. The van der Waals surface area contributed by atoms with Crippen LogP contribution in [-0.2, 0) is 0 Å². The molecule has 2 aliphatic carbocycles. The van der Waals surface area contributed by atoms with Crippen molar-refractivity contribution in [1.29, 1.82) is 0 Å². The van der Waals surface area contributed by atoms with E-state index >= 15 is 0 Å². The van der Waals surface area contributed by atoms with Crippen LogP contribution in [-0.4, -0.2) is 36.8 Å². The van der Waals surface area contributed by atoms with Crippen molar-refractivity contribution in [3.05, 3.63) is 0 Å². The van der Waals surface area contributed by atoms with E-state index in [1.807, 2.05) is 0 Å². The summed E-state index contributed by atoms with van der Waals surface area (Å²) in [6.07, 6.45) is 5.92. The molecule has 0 spiro atoms. The Kier molecular flexibility index (Phi) is 2.89. The maximum absolute atomic E-state index is 8.80. The number of fused-ring (bicyclic) bond motifs is 2. The molecule has 1 N–H and O–H groups in total. The zero-order chi connectivity index (χ0) is 9.26. The molecule has 2 bridgehead atoms. The third-order valence-corrected chi connectivity index (χ3v) is 3.91. The molecule has 0 aromatic carbocycles. The van der Waals surface area contributed by atoms with Gasteiger partial charge in [0, 0.05) is 13.1 Å². The van der Waals surface area contributed by atoms with Crippen LogP contribution in [0.4, 0.5) is 0 Å². The Hall–Kier alpha value is -0.0800. The molecule has 0 heterocycles. The van der Waals surface area contributed by atoms with Gasteiger partial charge in [-0.3, -0.25) is 0 Å². The van der Waals surface area contributed by atoms with Crippen molar-refractivity contribution in [3.8, 4) is 0 Å². The molecule has 2 heteroatoms. The number of hydrogen-bond acceptors (Lipinski definition) is 2. The first-order valence-electron chi connectivity index (χ1n) is 5.59. The Morgan fingerprint density at radius 3 is 2.69 bits per heavy atom. The number of aliphatic hydroxyl groups excluding tert-OH is 1. The standard InChI is InChI=1S/C11H21NO/c1-12(4-5-13)8-11-7-9-2-3-10(11)6-9/h9-11,13H,2-8H2,1H3. The van der Waals surface area contributed by atoms with Gasteiger partial charge in [0.25, 0.3) is 0 Å². The fourth-order valence-electron chi connectivity index (χ4n) is 3.26. The van der Waals surface area contributed by atoms with Crippen LogP contribution >= 0.6 is 0 Å². The Morgan fingerprint density at radius 1 is 1.31 bits per heavy atom. The topological polar surface area (TPSA) is 23.5 Å². The highest BCUT2D eigenvalue weighted by molar-refractivity contribution is 4.90. The maximum atomic E-state index is 8.80. The van der Waals surface area contributed by atoms with Crippen LogP contribution in [0.25, 0.3) is 0 Å². The molecule has 2 saturated carbocycles. The summed E-state index contributed by atoms with van der Waals surface area (Å²) in [6, 6.07) is 0. The molecule has 0 amide bonds. The molecule has 0 aromatic rings. The summed E-state index contributed by atoms with van der Waals surface area (Å²) < 4.78 is 0. The van der Waals surface area contributed by atoms with Gasteiger partial charge in [0.05, 0.1) is 6.61 Å². The predicted molar refractivity (Wildman–Crippen MR) is 53.5 cm³/mol. The molecule has 2 nitrogen and oxygen atoms in total. The van der Waals surface area contributed by atoms with Crippen LogP contribution in [0.5, 0.6) is 0 Å². The van der Waals surface area contributed by atoms with E-state index in [0.29, 0.717) is 6.61 Å². The van der Waals surface area contributed by atoms with Crippen LogP contribution in [0.15, 0.2) is 0 Å². The summed E-state index contributed by atoms with van der Waals surface area (Å²) in [6.45, 7) is 2.35. The van der Waals surface area contributed by atoms with Crippen molar-refractivity contribution < 1.29 is 5.11 Å². The van der Waals surface area contributed by atoms with Gasteiger partial charge in [-0.25, -0.2) is 0 Å². The minimum absolute atomic E-state index is 0.303. The molecule has 0 radical (unpaired) electrons. The second kappa shape index (κ2) is 3.97. The smallest absolute Gasteiger partial charge is 0.0558 e. The maximum Gasteiger partial charge on any atom is 0.0558 e. The van der Waals surface area contributed by atoms with Crippen molar-refractivity contribution in [2.45, 2.75) is 25.7 Å². The molecule has 0 saturated heterocycles. The van der Waals surface area contributed by atoms with Gasteiger partial charge in [-0.2, -0.15) is 0 Å². The Bertz CT molecular complexity index is 171. The molecule has 2 fully saturated rings. The number of nitrogens with zero attached hydrogens (tertiary/aromatic N) is 1. The van der Waals surface area contributed by atoms with Crippen LogP contribution in [0, 0.1) is 17.8 Å². The minimum atomic E-state index is 0.303. The van der Waals surface area contributed by atoms with Crippen LogP contribution in [0.3, 0.4) is 0 Å².